The van der Waals surface area contributed by atoms with Gasteiger partial charge in [-0.15, -0.1) is 0 Å². The van der Waals surface area contributed by atoms with Gasteiger partial charge in [0.1, 0.15) is 18.3 Å². The molecule has 3 saturated heterocycles. The number of Topliss-reactive ketones (excluding diaryl/α,β-unsaturated/α-hetero) is 1. The van der Waals surface area contributed by atoms with E-state index in [-0.39, 0.29) is 65.9 Å². The Hall–Kier alpha value is -1.84. The van der Waals surface area contributed by atoms with E-state index in [0.29, 0.717) is 0 Å². The number of hydrogen-bond acceptors (Lipinski definition) is 20. The van der Waals surface area contributed by atoms with Crippen LogP contribution < -0.4 is 16.1 Å². The van der Waals surface area contributed by atoms with Crippen LogP contribution in [0.15, 0.2) is 35.1 Å². The number of methoxy groups -OCH3 is 2. The highest BCUT2D eigenvalue weighted by Crippen LogP contribution is 2.41. The number of carbonyl (C=O) groups is 2. The van der Waals surface area contributed by atoms with Gasteiger partial charge in [0.2, 0.25) is 5.78 Å². The van der Waals surface area contributed by atoms with Crippen LogP contribution in [0.25, 0.3) is 0 Å². The molecule has 5 rings (SSSR count). The number of ketones is 1. The van der Waals surface area contributed by atoms with Crippen molar-refractivity contribution in [2.24, 2.45) is 0 Å². The maximum Gasteiger partial charge on any atom is 0.411 e. The van der Waals surface area contributed by atoms with Gasteiger partial charge in [-0.1, -0.05) is 65.2 Å². The SMILES string of the molecule is COC(=O)NC1=C2/C(=C\CSSSC)[C@](O)(C#C/C=C\C#C[C@@H]2O[C@@H]2O[C@H](C)[C@@H](NO[C@H]3C[C@H](O)[C@H](SC)[C@@H](C)O3)[C@H](O)[C@H]2O[C@H]2C[C@H](OC)[C@@H](NC(C)C)CO2)[C@H](O)C1=O. The molecule has 2 bridgehead atoms. The number of ether oxygens (including phenoxy) is 7. The lowest BCUT2D eigenvalue weighted by atomic mass is 9.73. The van der Waals surface area contributed by atoms with Crippen molar-refractivity contribution in [2.45, 2.75) is 137 Å². The number of aliphatic hydroxyl groups is 4. The quantitative estimate of drug-likeness (QED) is 0.0505. The predicted octanol–water partition coefficient (Wildman–Crippen LogP) is 1.55. The van der Waals surface area contributed by atoms with Crippen molar-refractivity contribution in [3.05, 3.63) is 35.1 Å². The van der Waals surface area contributed by atoms with Crippen LogP contribution in [0.2, 0.25) is 0 Å². The fourth-order valence-corrected chi connectivity index (χ4v) is 10.9. The smallest absolute Gasteiger partial charge is 0.411 e. The summed E-state index contributed by atoms with van der Waals surface area (Å²) in [5.74, 6) is 10.3. The molecule has 0 unspecified atom stereocenters. The molecule has 0 spiro atoms. The highest BCUT2D eigenvalue weighted by molar-refractivity contribution is 9.09. The number of rotatable bonds is 16. The van der Waals surface area contributed by atoms with Crippen molar-refractivity contribution < 1.29 is 68.0 Å². The summed E-state index contributed by atoms with van der Waals surface area (Å²) in [5, 5.41) is 52.2. The number of hydroxylamine groups is 1. The molecule has 0 aromatic heterocycles. The zero-order valence-corrected chi connectivity index (χ0v) is 38.5. The molecule has 17 nitrogen and oxygen atoms in total. The Bertz CT molecular complexity index is 1740. The van der Waals surface area contributed by atoms with E-state index in [1.165, 1.54) is 55.3 Å². The van der Waals surface area contributed by atoms with E-state index >= 15 is 0 Å². The van der Waals surface area contributed by atoms with Gasteiger partial charge in [-0.3, -0.25) is 14.9 Å². The lowest BCUT2D eigenvalue weighted by molar-refractivity contribution is -0.336. The fraction of sp³-hybridized carbons (Fsp3) is 0.700. The van der Waals surface area contributed by atoms with Crippen LogP contribution in [0, 0.1) is 23.7 Å². The normalized spacial score (nSPS) is 38.9. The second-order valence-corrected chi connectivity index (χ2v) is 20.4. The average Bonchev–Trinajstić information content (AvgIpc) is 3.22. The molecule has 15 atom stereocenters. The van der Waals surface area contributed by atoms with E-state index in [4.69, 9.17) is 38.0 Å². The van der Waals surface area contributed by atoms with Crippen LogP contribution in [-0.2, 0) is 42.8 Å². The number of amides is 1. The van der Waals surface area contributed by atoms with Crippen LogP contribution in [0.3, 0.4) is 0 Å². The van der Waals surface area contributed by atoms with Gasteiger partial charge in [0.05, 0.1) is 61.2 Å². The molecule has 0 radical (unpaired) electrons. The van der Waals surface area contributed by atoms with Gasteiger partial charge in [0.15, 0.2) is 30.6 Å². The number of aliphatic hydroxyl groups excluding tert-OH is 3. The molecule has 5 aliphatic rings. The van der Waals surface area contributed by atoms with Gasteiger partial charge >= 0.3 is 6.09 Å². The molecule has 21 heteroatoms. The highest BCUT2D eigenvalue weighted by Gasteiger charge is 2.54. The number of thioether (sulfide) groups is 1. The molecular weight excluding hydrogens is 875 g/mol. The third-order valence-electron chi connectivity index (χ3n) is 10.6. The monoisotopic (exact) mass is 931 g/mol. The summed E-state index contributed by atoms with van der Waals surface area (Å²) in [4.78, 5) is 32.7. The molecule has 0 aromatic rings. The third-order valence-corrected chi connectivity index (χ3v) is 15.5. The standard InChI is InChI=1S/C40H57N3O14S4/c1-20(2)41-24-19-52-28(18-27(24)50-5)56-35-33(45)31(43-57-29-17-25(44)36(58-7)22(4)53-29)21(3)54-38(35)55-26-13-11-9-10-12-15-40(49)23(14-16-60-61-59-8)30(26)32(34(46)37(40)47)42-39(48)51-6/h9-10,14,20-22,24-29,31,33,35-38,41,43-45,47,49H,16-19H2,1-8H3,(H,42,48)/b10-9-,23-14+/t21-,22-,24+,25+,26+,27+,28+,29+,31-,33+,35-,36-,37-,38+,40-/m1/s1. The number of alkyl carbamates (subject to hydrolysis) is 1. The average molecular weight is 932 g/mol. The maximum atomic E-state index is 14.0. The van der Waals surface area contributed by atoms with Gasteiger partial charge < -0.3 is 58.9 Å². The molecule has 61 heavy (non-hydrogen) atoms. The lowest BCUT2D eigenvalue weighted by Crippen LogP contribution is -2.65. The Morgan fingerprint density at radius 2 is 1.82 bits per heavy atom. The first kappa shape index (κ1) is 50.2. The Kier molecular flexibility index (Phi) is 19.2. The molecule has 1 amide bonds. The maximum absolute atomic E-state index is 14.0. The van der Waals surface area contributed by atoms with E-state index in [1.807, 2.05) is 33.3 Å². The van der Waals surface area contributed by atoms with E-state index in [0.717, 1.165) is 7.11 Å². The molecule has 3 heterocycles. The van der Waals surface area contributed by atoms with Crippen molar-refractivity contribution in [2.75, 3.05) is 39.1 Å². The molecule has 3 aliphatic heterocycles. The van der Waals surface area contributed by atoms with E-state index in [1.54, 1.807) is 20.1 Å². The van der Waals surface area contributed by atoms with Gasteiger partial charge in [-0.2, -0.15) is 17.2 Å². The topological polar surface area (TPSA) is 225 Å². The number of hydrogen-bond donors (Lipinski definition) is 7. The molecule has 3 fully saturated rings. The van der Waals surface area contributed by atoms with Gasteiger partial charge in [0.25, 0.3) is 0 Å². The molecule has 0 aromatic carbocycles. The molecule has 0 saturated carbocycles. The number of nitrogens with one attached hydrogen (secondary N) is 3. The lowest BCUT2D eigenvalue weighted by Gasteiger charge is -2.47. The summed E-state index contributed by atoms with van der Waals surface area (Å²) in [7, 11) is 7.06. The van der Waals surface area contributed by atoms with Gasteiger partial charge in [0, 0.05) is 42.9 Å². The minimum atomic E-state index is -2.47. The van der Waals surface area contributed by atoms with Crippen molar-refractivity contribution >= 4 is 55.1 Å². The summed E-state index contributed by atoms with van der Waals surface area (Å²) in [6, 6.07) is -0.964. The van der Waals surface area contributed by atoms with Crippen LogP contribution in [-0.4, -0.2) is 168 Å². The summed E-state index contributed by atoms with van der Waals surface area (Å²) >= 11 is 1.50. The zero-order valence-electron chi connectivity index (χ0n) is 35.2. The van der Waals surface area contributed by atoms with Crippen LogP contribution in [0.5, 0.6) is 0 Å². The first-order chi connectivity index (χ1) is 29.2. The summed E-state index contributed by atoms with van der Waals surface area (Å²) in [6.45, 7) is 7.77. The van der Waals surface area contributed by atoms with Gasteiger partial charge in [-0.25, -0.2) is 4.79 Å². The number of allylic oxidation sites excluding steroid dienone is 2. The van der Waals surface area contributed by atoms with E-state index < -0.39 is 84.7 Å². The Morgan fingerprint density at radius 3 is 2.49 bits per heavy atom. The minimum Gasteiger partial charge on any atom is -0.453 e. The van der Waals surface area contributed by atoms with Crippen LogP contribution in [0.4, 0.5) is 4.79 Å². The van der Waals surface area contributed by atoms with Crippen molar-refractivity contribution in [1.29, 1.82) is 0 Å². The third kappa shape index (κ3) is 12.3. The first-order valence-electron chi connectivity index (χ1n) is 19.7. The summed E-state index contributed by atoms with van der Waals surface area (Å²) < 4.78 is 42.5. The fourth-order valence-electron chi connectivity index (χ4n) is 7.65. The molecule has 2 aliphatic carbocycles. The van der Waals surface area contributed by atoms with Crippen molar-refractivity contribution in [1.82, 2.24) is 16.1 Å². The highest BCUT2D eigenvalue weighted by atomic mass is 33.5. The Morgan fingerprint density at radius 1 is 1.07 bits per heavy atom. The number of carbonyl (C=O) groups excluding carboxylic acids is 2. The van der Waals surface area contributed by atoms with Gasteiger partial charge in [-0.05, 0) is 48.3 Å². The van der Waals surface area contributed by atoms with E-state index in [9.17, 15) is 30.0 Å². The summed E-state index contributed by atoms with van der Waals surface area (Å²) in [5.41, 5.74) is -0.201. The first-order valence-corrected chi connectivity index (χ1v) is 25.1. The second kappa shape index (κ2) is 23.4. The van der Waals surface area contributed by atoms with Crippen LogP contribution in [0.1, 0.15) is 40.5 Å². The molecular formula is C40H57N3O14S4. The molecule has 7 N–H and O–H groups in total. The second-order valence-electron chi connectivity index (χ2n) is 15.0. The minimum absolute atomic E-state index is 0.0491. The van der Waals surface area contributed by atoms with Crippen molar-refractivity contribution in [3.63, 3.8) is 0 Å². The largest absolute Gasteiger partial charge is 0.453 e. The zero-order chi connectivity index (χ0) is 44.4. The Balaban J connectivity index is 1.54. The summed E-state index contributed by atoms with van der Waals surface area (Å²) in [6.07, 6.45) is -4.36. The van der Waals surface area contributed by atoms with Crippen molar-refractivity contribution in [3.8, 4) is 23.7 Å². The molecule has 340 valence electrons. The van der Waals surface area contributed by atoms with Crippen LogP contribution >= 0.6 is 43.2 Å². The number of fused-ring (bicyclic) bond motifs is 2. The van der Waals surface area contributed by atoms with E-state index in [2.05, 4.69) is 39.8 Å². The Labute approximate surface area is 372 Å². The predicted molar refractivity (Wildman–Crippen MR) is 232 cm³/mol.